The van der Waals surface area contributed by atoms with E-state index < -0.39 is 0 Å². The first-order chi connectivity index (χ1) is 10.1. The number of ether oxygens (including phenoxy) is 1. The van der Waals surface area contributed by atoms with Gasteiger partial charge in [0, 0.05) is 37.4 Å². The Hall–Kier alpha value is -1.13. The van der Waals surface area contributed by atoms with Crippen molar-refractivity contribution in [1.82, 2.24) is 15.2 Å². The number of pyridine rings is 1. The third kappa shape index (κ3) is 5.29. The Morgan fingerprint density at radius 3 is 2.67 bits per heavy atom. The van der Waals surface area contributed by atoms with Crippen molar-refractivity contribution < 1.29 is 4.74 Å². The Morgan fingerprint density at radius 2 is 2.05 bits per heavy atom. The van der Waals surface area contributed by atoms with Crippen molar-refractivity contribution in [3.8, 4) is 5.88 Å². The Bertz CT molecular complexity index is 440. The Kier molecular flexibility index (Phi) is 6.00. The summed E-state index contributed by atoms with van der Waals surface area (Å²) in [5, 5.41) is 3.46. The number of hydrogen-bond donors (Lipinski definition) is 1. The van der Waals surface area contributed by atoms with E-state index in [0.29, 0.717) is 12.1 Å². The summed E-state index contributed by atoms with van der Waals surface area (Å²) >= 11 is 0. The van der Waals surface area contributed by atoms with Crippen LogP contribution in [0.5, 0.6) is 5.88 Å². The molecular formula is C17H29N3O. The van der Waals surface area contributed by atoms with Gasteiger partial charge in [-0.25, -0.2) is 4.98 Å². The number of aromatic nitrogens is 1. The van der Waals surface area contributed by atoms with Crippen LogP contribution in [0.25, 0.3) is 0 Å². The van der Waals surface area contributed by atoms with Crippen LogP contribution in [0.1, 0.15) is 44.9 Å². The number of piperidine rings is 1. The molecule has 1 saturated heterocycles. The van der Waals surface area contributed by atoms with E-state index in [-0.39, 0.29) is 0 Å². The van der Waals surface area contributed by atoms with Gasteiger partial charge in [0.25, 0.3) is 0 Å². The number of nitrogens with one attached hydrogen (secondary N) is 1. The normalized spacial score (nSPS) is 17.4. The summed E-state index contributed by atoms with van der Waals surface area (Å²) in [6, 6.07) is 4.76. The maximum Gasteiger partial charge on any atom is 0.214 e. The lowest BCUT2D eigenvalue weighted by atomic mass is 10.1. The fourth-order valence-electron chi connectivity index (χ4n) is 2.56. The quantitative estimate of drug-likeness (QED) is 0.874. The van der Waals surface area contributed by atoms with Gasteiger partial charge in [-0.15, -0.1) is 0 Å². The van der Waals surface area contributed by atoms with Gasteiger partial charge in [0.1, 0.15) is 6.10 Å². The fraction of sp³-hybridized carbons (Fsp3) is 0.706. The number of aryl methyl sites for hydroxylation is 1. The van der Waals surface area contributed by atoms with Crippen molar-refractivity contribution in [1.29, 1.82) is 0 Å². The standard InChI is InChI=1S/C17H29N3O/c1-5-15-10-14(12-18-13(2)3)11-17(19-15)21-16-6-8-20(4)9-7-16/h10-11,13,16,18H,5-9,12H2,1-4H3. The molecule has 0 spiro atoms. The first-order valence-electron chi connectivity index (χ1n) is 8.15. The second-order valence-corrected chi connectivity index (χ2v) is 6.31. The zero-order valence-electron chi connectivity index (χ0n) is 13.9. The number of nitrogens with zero attached hydrogens (tertiary/aromatic N) is 2. The fourth-order valence-corrected chi connectivity index (χ4v) is 2.56. The maximum atomic E-state index is 6.13. The van der Waals surface area contributed by atoms with Crippen LogP contribution in [0.4, 0.5) is 0 Å². The van der Waals surface area contributed by atoms with Gasteiger partial charge in [-0.3, -0.25) is 0 Å². The van der Waals surface area contributed by atoms with Gasteiger partial charge < -0.3 is 15.0 Å². The first kappa shape index (κ1) is 16.2. The number of likely N-dealkylation sites (tertiary alicyclic amines) is 1. The van der Waals surface area contributed by atoms with Crippen LogP contribution in [0.3, 0.4) is 0 Å². The zero-order chi connectivity index (χ0) is 15.2. The SMILES string of the molecule is CCc1cc(CNC(C)C)cc(OC2CCN(C)CC2)n1. The van der Waals surface area contributed by atoms with E-state index in [1.165, 1.54) is 5.56 Å². The lowest BCUT2D eigenvalue weighted by molar-refractivity contribution is 0.109. The van der Waals surface area contributed by atoms with E-state index in [9.17, 15) is 0 Å². The zero-order valence-corrected chi connectivity index (χ0v) is 13.9. The predicted molar refractivity (Wildman–Crippen MR) is 86.7 cm³/mol. The summed E-state index contributed by atoms with van der Waals surface area (Å²) in [6.07, 6.45) is 3.44. The van der Waals surface area contributed by atoms with Crippen molar-refractivity contribution in [3.05, 3.63) is 23.4 Å². The van der Waals surface area contributed by atoms with Crippen molar-refractivity contribution in [2.45, 2.75) is 58.7 Å². The smallest absolute Gasteiger partial charge is 0.214 e. The highest BCUT2D eigenvalue weighted by molar-refractivity contribution is 5.25. The number of rotatable bonds is 6. The van der Waals surface area contributed by atoms with Gasteiger partial charge >= 0.3 is 0 Å². The van der Waals surface area contributed by atoms with Crippen LogP contribution in [0.15, 0.2) is 12.1 Å². The predicted octanol–water partition coefficient (Wildman–Crippen LogP) is 2.62. The Balaban J connectivity index is 2.02. The molecule has 1 aliphatic rings. The molecule has 1 aromatic rings. The molecule has 4 heteroatoms. The van der Waals surface area contributed by atoms with Crippen LogP contribution in [0.2, 0.25) is 0 Å². The van der Waals surface area contributed by atoms with Crippen LogP contribution in [0, 0.1) is 0 Å². The van der Waals surface area contributed by atoms with E-state index in [2.05, 4.69) is 55.2 Å². The molecule has 2 rings (SSSR count). The lowest BCUT2D eigenvalue weighted by Gasteiger charge is -2.29. The summed E-state index contributed by atoms with van der Waals surface area (Å²) in [6.45, 7) is 9.56. The van der Waals surface area contributed by atoms with Crippen LogP contribution in [-0.2, 0) is 13.0 Å². The largest absolute Gasteiger partial charge is 0.474 e. The van der Waals surface area contributed by atoms with Gasteiger partial charge in [-0.2, -0.15) is 0 Å². The van der Waals surface area contributed by atoms with Crippen LogP contribution < -0.4 is 10.1 Å². The lowest BCUT2D eigenvalue weighted by Crippen LogP contribution is -2.35. The molecule has 1 aliphatic heterocycles. The molecule has 21 heavy (non-hydrogen) atoms. The van der Waals surface area contributed by atoms with Crippen molar-refractivity contribution in [3.63, 3.8) is 0 Å². The summed E-state index contributed by atoms with van der Waals surface area (Å²) in [5.41, 5.74) is 2.37. The average Bonchev–Trinajstić information content (AvgIpc) is 2.47. The Labute approximate surface area is 128 Å². The van der Waals surface area contributed by atoms with Crippen LogP contribution >= 0.6 is 0 Å². The monoisotopic (exact) mass is 291 g/mol. The van der Waals surface area contributed by atoms with E-state index >= 15 is 0 Å². The molecule has 0 aliphatic carbocycles. The van der Waals surface area contributed by atoms with Gasteiger partial charge in [0.05, 0.1) is 0 Å². The van der Waals surface area contributed by atoms with Crippen molar-refractivity contribution >= 4 is 0 Å². The molecule has 0 aromatic carbocycles. The highest BCUT2D eigenvalue weighted by Crippen LogP contribution is 2.19. The van der Waals surface area contributed by atoms with E-state index in [0.717, 1.165) is 50.5 Å². The van der Waals surface area contributed by atoms with Crippen molar-refractivity contribution in [2.75, 3.05) is 20.1 Å². The van der Waals surface area contributed by atoms with Crippen molar-refractivity contribution in [2.24, 2.45) is 0 Å². The minimum Gasteiger partial charge on any atom is -0.474 e. The second kappa shape index (κ2) is 7.76. The third-order valence-electron chi connectivity index (χ3n) is 3.94. The average molecular weight is 291 g/mol. The molecule has 1 fully saturated rings. The topological polar surface area (TPSA) is 37.4 Å². The molecule has 1 N–H and O–H groups in total. The summed E-state index contributed by atoms with van der Waals surface area (Å²) in [5.74, 6) is 0.796. The minimum atomic E-state index is 0.312. The summed E-state index contributed by atoms with van der Waals surface area (Å²) in [7, 11) is 2.17. The van der Waals surface area contributed by atoms with E-state index in [4.69, 9.17) is 4.74 Å². The molecule has 0 atom stereocenters. The summed E-state index contributed by atoms with van der Waals surface area (Å²) < 4.78 is 6.13. The van der Waals surface area contributed by atoms with Gasteiger partial charge in [0.2, 0.25) is 5.88 Å². The maximum absolute atomic E-state index is 6.13. The van der Waals surface area contributed by atoms with Gasteiger partial charge in [-0.1, -0.05) is 20.8 Å². The molecule has 0 bridgehead atoms. The first-order valence-corrected chi connectivity index (χ1v) is 8.15. The highest BCUT2D eigenvalue weighted by Gasteiger charge is 2.18. The molecule has 2 heterocycles. The summed E-state index contributed by atoms with van der Waals surface area (Å²) in [4.78, 5) is 6.98. The van der Waals surface area contributed by atoms with Gasteiger partial charge in [-0.05, 0) is 37.9 Å². The molecule has 0 amide bonds. The highest BCUT2D eigenvalue weighted by atomic mass is 16.5. The molecule has 0 radical (unpaired) electrons. The molecule has 118 valence electrons. The molecule has 4 nitrogen and oxygen atoms in total. The number of hydrogen-bond acceptors (Lipinski definition) is 4. The van der Waals surface area contributed by atoms with E-state index in [1.807, 2.05) is 0 Å². The Morgan fingerprint density at radius 1 is 1.33 bits per heavy atom. The van der Waals surface area contributed by atoms with Gasteiger partial charge in [0.15, 0.2) is 0 Å². The molecule has 0 saturated carbocycles. The molecule has 1 aromatic heterocycles. The van der Waals surface area contributed by atoms with Crippen LogP contribution in [-0.4, -0.2) is 42.2 Å². The molecule has 0 unspecified atom stereocenters. The molecular weight excluding hydrogens is 262 g/mol. The third-order valence-corrected chi connectivity index (χ3v) is 3.94. The minimum absolute atomic E-state index is 0.312. The second-order valence-electron chi connectivity index (χ2n) is 6.31. The van der Waals surface area contributed by atoms with E-state index in [1.54, 1.807) is 0 Å².